The van der Waals surface area contributed by atoms with Gasteiger partial charge in [0.25, 0.3) is 0 Å². The summed E-state index contributed by atoms with van der Waals surface area (Å²) in [4.78, 5) is 0. The molecule has 0 aliphatic heterocycles. The zero-order chi connectivity index (χ0) is 17.6. The van der Waals surface area contributed by atoms with Crippen LogP contribution in [0.15, 0.2) is 24.3 Å². The van der Waals surface area contributed by atoms with Crippen LogP contribution in [-0.4, -0.2) is 5.11 Å². The molecule has 0 aliphatic rings. The molecule has 0 amide bonds. The number of benzene rings is 1. The summed E-state index contributed by atoms with van der Waals surface area (Å²) < 4.78 is 0. The van der Waals surface area contributed by atoms with Gasteiger partial charge < -0.3 is 5.11 Å². The Labute approximate surface area is 150 Å². The topological polar surface area (TPSA) is 20.2 Å². The number of unbranched alkanes of at least 4 members (excludes halogenated alkanes) is 6. The highest BCUT2D eigenvalue weighted by Gasteiger charge is 2.24. The van der Waals surface area contributed by atoms with Crippen molar-refractivity contribution >= 4 is 0 Å². The molecule has 1 heteroatoms. The molecule has 138 valence electrons. The lowest BCUT2D eigenvalue weighted by Gasteiger charge is -2.28. The van der Waals surface area contributed by atoms with Crippen LogP contribution in [0, 0.1) is 5.92 Å². The molecule has 0 saturated heterocycles. The predicted octanol–water partition coefficient (Wildman–Crippen LogP) is 7.83. The molecule has 1 rings (SSSR count). The van der Waals surface area contributed by atoms with Gasteiger partial charge in [-0.15, -0.1) is 0 Å². The first-order valence-electron chi connectivity index (χ1n) is 10.5. The van der Waals surface area contributed by atoms with Gasteiger partial charge in [-0.1, -0.05) is 103 Å². The van der Waals surface area contributed by atoms with Crippen molar-refractivity contribution in [3.8, 4) is 5.75 Å². The quantitative estimate of drug-likeness (QED) is 0.344. The molecular formula is C23H40O. The van der Waals surface area contributed by atoms with Crippen molar-refractivity contribution in [3.05, 3.63) is 29.8 Å². The zero-order valence-corrected chi connectivity index (χ0v) is 16.4. The van der Waals surface area contributed by atoms with E-state index in [1.807, 2.05) is 12.1 Å². The van der Waals surface area contributed by atoms with Gasteiger partial charge in [0.15, 0.2) is 0 Å². The van der Waals surface area contributed by atoms with Crippen LogP contribution in [-0.2, 0) is 0 Å². The van der Waals surface area contributed by atoms with Crippen molar-refractivity contribution in [2.24, 2.45) is 5.92 Å². The van der Waals surface area contributed by atoms with Crippen LogP contribution in [0.2, 0.25) is 0 Å². The Morgan fingerprint density at radius 3 is 2.04 bits per heavy atom. The Morgan fingerprint density at radius 2 is 1.38 bits per heavy atom. The highest BCUT2D eigenvalue weighted by atomic mass is 16.3. The Morgan fingerprint density at radius 1 is 0.708 bits per heavy atom. The Balaban J connectivity index is 2.72. The number of phenols is 1. The van der Waals surface area contributed by atoms with E-state index in [0.717, 1.165) is 5.92 Å². The fourth-order valence-corrected chi connectivity index (χ4v) is 3.97. The standard InChI is InChI=1S/C23H40O/c1-4-7-9-10-11-12-17-21(20(15-6-3)16-8-5-2)22-18-13-14-19-23(22)24/h13-14,18-21,24H,4-12,15-17H2,1-3H3. The van der Waals surface area contributed by atoms with E-state index in [2.05, 4.69) is 32.9 Å². The number of para-hydroxylation sites is 1. The second-order valence-electron chi connectivity index (χ2n) is 7.41. The van der Waals surface area contributed by atoms with Crippen molar-refractivity contribution in [2.45, 2.75) is 104 Å². The van der Waals surface area contributed by atoms with Gasteiger partial charge in [-0.3, -0.25) is 0 Å². The first-order valence-corrected chi connectivity index (χ1v) is 10.5. The van der Waals surface area contributed by atoms with Crippen molar-refractivity contribution in [1.29, 1.82) is 0 Å². The summed E-state index contributed by atoms with van der Waals surface area (Å²) in [7, 11) is 0. The fourth-order valence-electron chi connectivity index (χ4n) is 3.97. The molecule has 2 unspecified atom stereocenters. The largest absolute Gasteiger partial charge is 0.508 e. The summed E-state index contributed by atoms with van der Waals surface area (Å²) in [5.41, 5.74) is 1.20. The predicted molar refractivity (Wildman–Crippen MR) is 107 cm³/mol. The normalized spacial score (nSPS) is 13.8. The van der Waals surface area contributed by atoms with E-state index < -0.39 is 0 Å². The average molecular weight is 333 g/mol. The van der Waals surface area contributed by atoms with Gasteiger partial charge in [-0.2, -0.15) is 0 Å². The zero-order valence-electron chi connectivity index (χ0n) is 16.4. The number of aromatic hydroxyl groups is 1. The van der Waals surface area contributed by atoms with Gasteiger partial charge in [0.05, 0.1) is 0 Å². The van der Waals surface area contributed by atoms with E-state index in [1.54, 1.807) is 0 Å². The summed E-state index contributed by atoms with van der Waals surface area (Å²) in [6.45, 7) is 6.86. The molecule has 1 N–H and O–H groups in total. The maximum absolute atomic E-state index is 10.4. The van der Waals surface area contributed by atoms with Crippen LogP contribution in [0.4, 0.5) is 0 Å². The van der Waals surface area contributed by atoms with Crippen molar-refractivity contribution in [3.63, 3.8) is 0 Å². The van der Waals surface area contributed by atoms with E-state index in [0.29, 0.717) is 11.7 Å². The first-order chi connectivity index (χ1) is 11.7. The third-order valence-corrected chi connectivity index (χ3v) is 5.36. The summed E-state index contributed by atoms with van der Waals surface area (Å²) in [5.74, 6) is 1.76. The first kappa shape index (κ1) is 21.1. The minimum atomic E-state index is 0.506. The molecule has 1 aromatic rings. The molecule has 1 nitrogen and oxygen atoms in total. The van der Waals surface area contributed by atoms with Crippen LogP contribution >= 0.6 is 0 Å². The lowest BCUT2D eigenvalue weighted by molar-refractivity contribution is 0.325. The number of hydrogen-bond acceptors (Lipinski definition) is 1. The van der Waals surface area contributed by atoms with Crippen LogP contribution in [0.5, 0.6) is 5.75 Å². The highest BCUT2D eigenvalue weighted by Crippen LogP contribution is 2.39. The average Bonchev–Trinajstić information content (AvgIpc) is 2.59. The van der Waals surface area contributed by atoms with Crippen LogP contribution in [0.3, 0.4) is 0 Å². The van der Waals surface area contributed by atoms with Crippen molar-refractivity contribution in [1.82, 2.24) is 0 Å². The smallest absolute Gasteiger partial charge is 0.119 e. The molecule has 0 fully saturated rings. The van der Waals surface area contributed by atoms with Gasteiger partial charge in [-0.25, -0.2) is 0 Å². The molecule has 0 aliphatic carbocycles. The minimum absolute atomic E-state index is 0.506. The van der Waals surface area contributed by atoms with Gasteiger partial charge in [-0.05, 0) is 36.3 Å². The maximum Gasteiger partial charge on any atom is 0.119 e. The third-order valence-electron chi connectivity index (χ3n) is 5.36. The molecule has 0 radical (unpaired) electrons. The van der Waals surface area contributed by atoms with Crippen LogP contribution in [0.1, 0.15) is 109 Å². The van der Waals surface area contributed by atoms with Gasteiger partial charge >= 0.3 is 0 Å². The molecule has 0 aromatic heterocycles. The Bertz CT molecular complexity index is 412. The van der Waals surface area contributed by atoms with Crippen molar-refractivity contribution in [2.75, 3.05) is 0 Å². The highest BCUT2D eigenvalue weighted by molar-refractivity contribution is 5.35. The summed E-state index contributed by atoms with van der Waals surface area (Å²) in [6, 6.07) is 8.06. The third kappa shape index (κ3) is 7.73. The molecule has 0 heterocycles. The molecule has 1 aromatic carbocycles. The van der Waals surface area contributed by atoms with Gasteiger partial charge in [0.2, 0.25) is 0 Å². The molecule has 2 atom stereocenters. The summed E-state index contributed by atoms with van der Waals surface area (Å²) >= 11 is 0. The second kappa shape index (κ2) is 13.3. The Hall–Kier alpha value is -0.980. The monoisotopic (exact) mass is 332 g/mol. The number of hydrogen-bond donors (Lipinski definition) is 1. The molecule has 0 saturated carbocycles. The number of rotatable bonds is 14. The van der Waals surface area contributed by atoms with E-state index in [9.17, 15) is 5.11 Å². The lowest BCUT2D eigenvalue weighted by Crippen LogP contribution is -2.14. The lowest BCUT2D eigenvalue weighted by atomic mass is 9.77. The second-order valence-corrected chi connectivity index (χ2v) is 7.41. The van der Waals surface area contributed by atoms with E-state index in [4.69, 9.17) is 0 Å². The minimum Gasteiger partial charge on any atom is -0.508 e. The molecular weight excluding hydrogens is 292 g/mol. The van der Waals surface area contributed by atoms with Gasteiger partial charge in [0, 0.05) is 0 Å². The maximum atomic E-state index is 10.4. The van der Waals surface area contributed by atoms with E-state index in [-0.39, 0.29) is 0 Å². The molecule has 0 spiro atoms. The fraction of sp³-hybridized carbons (Fsp3) is 0.739. The van der Waals surface area contributed by atoms with Crippen LogP contribution in [0.25, 0.3) is 0 Å². The molecule has 24 heavy (non-hydrogen) atoms. The number of phenolic OH excluding ortho intramolecular Hbond substituents is 1. The van der Waals surface area contributed by atoms with Crippen molar-refractivity contribution < 1.29 is 5.11 Å². The SMILES string of the molecule is CCCCCCCCC(c1ccccc1O)C(CCC)CCCC. The van der Waals surface area contributed by atoms with E-state index >= 15 is 0 Å². The van der Waals surface area contributed by atoms with Crippen LogP contribution < -0.4 is 0 Å². The van der Waals surface area contributed by atoms with Gasteiger partial charge in [0.1, 0.15) is 5.75 Å². The van der Waals surface area contributed by atoms with E-state index in [1.165, 1.54) is 82.6 Å². The summed E-state index contributed by atoms with van der Waals surface area (Å²) in [6.07, 6.45) is 15.7. The molecule has 0 bridgehead atoms. The summed E-state index contributed by atoms with van der Waals surface area (Å²) in [5, 5.41) is 10.4. The Kier molecular flexibility index (Phi) is 11.7.